The lowest BCUT2D eigenvalue weighted by Gasteiger charge is -2.31. The quantitative estimate of drug-likeness (QED) is 0.590. The van der Waals surface area contributed by atoms with E-state index in [0.29, 0.717) is 25.2 Å². The molecule has 0 radical (unpaired) electrons. The Morgan fingerprint density at radius 1 is 1.10 bits per heavy atom. The van der Waals surface area contributed by atoms with Crippen LogP contribution >= 0.6 is 0 Å². The Morgan fingerprint density at radius 2 is 1.84 bits per heavy atom. The number of nitrogens with one attached hydrogen (secondary N) is 1. The van der Waals surface area contributed by atoms with Gasteiger partial charge in [-0.3, -0.25) is 14.2 Å². The van der Waals surface area contributed by atoms with E-state index in [1.807, 2.05) is 4.90 Å². The summed E-state index contributed by atoms with van der Waals surface area (Å²) < 4.78 is 1.20. The molecule has 0 unspecified atom stereocenters. The molecule has 4 rings (SSSR count). The number of aromatic nitrogens is 2. The topological polar surface area (TPSA) is 125 Å². The number of carbonyl (C=O) groups is 2. The summed E-state index contributed by atoms with van der Waals surface area (Å²) in [6, 6.07) is 13.6. The smallest absolute Gasteiger partial charge is 0.335 e. The first-order chi connectivity index (χ1) is 14.8. The third-order valence-corrected chi connectivity index (χ3v) is 5.24. The highest BCUT2D eigenvalue weighted by Gasteiger charge is 2.25. The van der Waals surface area contributed by atoms with E-state index in [1.165, 1.54) is 17.7 Å². The van der Waals surface area contributed by atoms with Gasteiger partial charge in [0.2, 0.25) is 11.7 Å². The van der Waals surface area contributed by atoms with Gasteiger partial charge in [0.1, 0.15) is 0 Å². The Balaban J connectivity index is 1.67. The highest BCUT2D eigenvalue weighted by molar-refractivity contribution is 6.04. The van der Waals surface area contributed by atoms with Gasteiger partial charge in [-0.15, -0.1) is 0 Å². The van der Waals surface area contributed by atoms with E-state index in [1.54, 1.807) is 42.5 Å². The molecule has 31 heavy (non-hydrogen) atoms. The van der Waals surface area contributed by atoms with Crippen LogP contribution in [0, 0.1) is 0 Å². The summed E-state index contributed by atoms with van der Waals surface area (Å²) in [4.78, 5) is 42.6. The zero-order valence-corrected chi connectivity index (χ0v) is 16.7. The number of para-hydroxylation sites is 1. The predicted molar refractivity (Wildman–Crippen MR) is 114 cm³/mol. The third kappa shape index (κ3) is 3.85. The van der Waals surface area contributed by atoms with Gasteiger partial charge in [0.15, 0.2) is 5.69 Å². The van der Waals surface area contributed by atoms with E-state index in [9.17, 15) is 24.6 Å². The summed E-state index contributed by atoms with van der Waals surface area (Å²) in [5.74, 6) is -2.15. The molecule has 1 aromatic heterocycles. The van der Waals surface area contributed by atoms with Crippen molar-refractivity contribution in [1.82, 2.24) is 9.55 Å². The van der Waals surface area contributed by atoms with E-state index in [-0.39, 0.29) is 17.2 Å². The van der Waals surface area contributed by atoms with Gasteiger partial charge in [-0.1, -0.05) is 24.3 Å². The average Bonchev–Trinajstić information content (AvgIpc) is 2.77. The summed E-state index contributed by atoms with van der Waals surface area (Å²) in [7, 11) is 1.48. The Morgan fingerprint density at radius 3 is 2.55 bits per heavy atom. The number of aromatic hydroxyl groups is 1. The second-order valence-corrected chi connectivity index (χ2v) is 7.25. The van der Waals surface area contributed by atoms with Crippen molar-refractivity contribution in [3.8, 4) is 5.75 Å². The molecule has 1 aliphatic rings. The number of amides is 1. The van der Waals surface area contributed by atoms with Crippen LogP contribution in [0.1, 0.15) is 32.0 Å². The maximum atomic E-state index is 12.7. The molecule has 9 heteroatoms. The number of carbonyl (C=O) groups excluding carboxylic acids is 1. The molecule has 0 saturated heterocycles. The minimum absolute atomic E-state index is 0.224. The second-order valence-electron chi connectivity index (χ2n) is 7.25. The fraction of sp³-hybridized carbons (Fsp3) is 0.182. The Kier molecular flexibility index (Phi) is 5.16. The monoisotopic (exact) mass is 420 g/mol. The molecule has 2 aromatic carbocycles. The van der Waals surface area contributed by atoms with Crippen molar-refractivity contribution in [2.45, 2.75) is 13.0 Å². The van der Waals surface area contributed by atoms with Gasteiger partial charge in [0.05, 0.1) is 5.56 Å². The standard InChI is InChI=1S/C22H20N4O5/c1-25-20(29)18(27)17(19(28)23-16-5-3-2-4-6-16)24-22(25)26-10-9-13-11-14(21(30)31)7-8-15(13)12-26/h2-8,11,27H,9-10,12H2,1H3,(H,23,28)(H,30,31). The fourth-order valence-electron chi connectivity index (χ4n) is 3.59. The maximum absolute atomic E-state index is 12.7. The molecule has 0 spiro atoms. The van der Waals surface area contributed by atoms with Crippen molar-refractivity contribution in [3.05, 3.63) is 81.3 Å². The average molecular weight is 420 g/mol. The summed E-state index contributed by atoms with van der Waals surface area (Å²) in [6.07, 6.45) is 0.554. The number of benzene rings is 2. The number of anilines is 2. The molecule has 3 aromatic rings. The largest absolute Gasteiger partial charge is 0.501 e. The number of nitrogens with zero attached hydrogens (tertiary/aromatic N) is 3. The lowest BCUT2D eigenvalue weighted by atomic mass is 9.97. The van der Waals surface area contributed by atoms with Crippen molar-refractivity contribution in [1.29, 1.82) is 0 Å². The molecule has 0 aliphatic carbocycles. The van der Waals surface area contributed by atoms with Crippen LogP contribution in [0.3, 0.4) is 0 Å². The Labute approximate surface area is 177 Å². The summed E-state index contributed by atoms with van der Waals surface area (Å²) in [6.45, 7) is 0.862. The molecule has 0 bridgehead atoms. The molecule has 0 saturated carbocycles. The van der Waals surface area contributed by atoms with Crippen LogP contribution in [0.4, 0.5) is 11.6 Å². The molecule has 0 atom stereocenters. The first kappa shape index (κ1) is 20.1. The number of hydrogen-bond donors (Lipinski definition) is 3. The molecule has 158 valence electrons. The van der Waals surface area contributed by atoms with Crippen LogP contribution in [0.25, 0.3) is 0 Å². The lowest BCUT2D eigenvalue weighted by molar-refractivity contribution is 0.0696. The van der Waals surface area contributed by atoms with Gasteiger partial charge in [-0.25, -0.2) is 9.78 Å². The van der Waals surface area contributed by atoms with Crippen molar-refractivity contribution in [2.24, 2.45) is 7.05 Å². The van der Waals surface area contributed by atoms with Gasteiger partial charge in [0, 0.05) is 25.8 Å². The van der Waals surface area contributed by atoms with Crippen molar-refractivity contribution in [2.75, 3.05) is 16.8 Å². The molecule has 9 nitrogen and oxygen atoms in total. The van der Waals surface area contributed by atoms with Crippen LogP contribution in [-0.2, 0) is 20.0 Å². The zero-order valence-electron chi connectivity index (χ0n) is 16.7. The third-order valence-electron chi connectivity index (χ3n) is 5.24. The first-order valence-corrected chi connectivity index (χ1v) is 9.61. The van der Waals surface area contributed by atoms with Crippen LogP contribution in [-0.4, -0.2) is 38.2 Å². The number of hydrogen-bond acceptors (Lipinski definition) is 6. The van der Waals surface area contributed by atoms with E-state index >= 15 is 0 Å². The number of carboxylic acids is 1. The molecule has 1 aliphatic heterocycles. The van der Waals surface area contributed by atoms with Crippen LogP contribution in [0.15, 0.2) is 53.3 Å². The first-order valence-electron chi connectivity index (χ1n) is 9.61. The van der Waals surface area contributed by atoms with Gasteiger partial charge in [0.25, 0.3) is 11.5 Å². The fourth-order valence-corrected chi connectivity index (χ4v) is 3.59. The van der Waals surface area contributed by atoms with Gasteiger partial charge < -0.3 is 20.4 Å². The number of fused-ring (bicyclic) bond motifs is 1. The van der Waals surface area contributed by atoms with Gasteiger partial charge >= 0.3 is 5.97 Å². The minimum atomic E-state index is -0.984. The minimum Gasteiger partial charge on any atom is -0.501 e. The van der Waals surface area contributed by atoms with Crippen LogP contribution in [0.2, 0.25) is 0 Å². The van der Waals surface area contributed by atoms with Gasteiger partial charge in [-0.2, -0.15) is 0 Å². The van der Waals surface area contributed by atoms with E-state index in [4.69, 9.17) is 0 Å². The molecule has 1 amide bonds. The Bertz CT molecular complexity index is 1240. The molecule has 0 fully saturated rings. The molecular formula is C22H20N4O5. The molecule has 3 N–H and O–H groups in total. The lowest BCUT2D eigenvalue weighted by Crippen LogP contribution is -2.37. The summed E-state index contributed by atoms with van der Waals surface area (Å²) in [5.41, 5.74) is 1.49. The highest BCUT2D eigenvalue weighted by Crippen LogP contribution is 2.25. The van der Waals surface area contributed by atoms with E-state index in [0.717, 1.165) is 11.1 Å². The second kappa shape index (κ2) is 7.94. The number of rotatable bonds is 4. The van der Waals surface area contributed by atoms with Crippen molar-refractivity contribution in [3.63, 3.8) is 0 Å². The SMILES string of the molecule is Cn1c(N2CCc3cc(C(=O)O)ccc3C2)nc(C(=O)Nc2ccccc2)c(O)c1=O. The number of carboxylic acid groups (broad SMARTS) is 1. The van der Waals surface area contributed by atoms with Crippen LogP contribution < -0.4 is 15.8 Å². The van der Waals surface area contributed by atoms with Crippen molar-refractivity contribution >= 4 is 23.5 Å². The normalized spacial score (nSPS) is 12.9. The van der Waals surface area contributed by atoms with E-state index in [2.05, 4.69) is 10.3 Å². The molecule has 2 heterocycles. The maximum Gasteiger partial charge on any atom is 0.335 e. The number of aromatic carboxylic acids is 1. The highest BCUT2D eigenvalue weighted by atomic mass is 16.4. The van der Waals surface area contributed by atoms with Crippen molar-refractivity contribution < 1.29 is 19.8 Å². The summed E-state index contributed by atoms with van der Waals surface area (Å²) in [5, 5.41) is 22.1. The van der Waals surface area contributed by atoms with Gasteiger partial charge in [-0.05, 0) is 41.8 Å². The predicted octanol–water partition coefficient (Wildman–Crippen LogP) is 2.00. The summed E-state index contributed by atoms with van der Waals surface area (Å²) >= 11 is 0. The Hall–Kier alpha value is -4.14. The van der Waals surface area contributed by atoms with Crippen LogP contribution in [0.5, 0.6) is 5.75 Å². The zero-order chi connectivity index (χ0) is 22.1. The molecular weight excluding hydrogens is 400 g/mol. The van der Waals surface area contributed by atoms with E-state index < -0.39 is 23.2 Å².